The van der Waals surface area contributed by atoms with Gasteiger partial charge in [-0.2, -0.15) is 0 Å². The van der Waals surface area contributed by atoms with E-state index in [4.69, 9.17) is 0 Å². The number of nitrogens with one attached hydrogen (secondary N) is 2. The Bertz CT molecular complexity index is 1080. The van der Waals surface area contributed by atoms with Crippen molar-refractivity contribution >= 4 is 22.9 Å². The predicted molar refractivity (Wildman–Crippen MR) is 124 cm³/mol. The Morgan fingerprint density at radius 2 is 1.69 bits per heavy atom. The van der Waals surface area contributed by atoms with Gasteiger partial charge in [-0.25, -0.2) is 9.00 Å². The monoisotopic (exact) mass is 450 g/mol. The van der Waals surface area contributed by atoms with Crippen molar-refractivity contribution in [2.75, 3.05) is 7.05 Å². The molecule has 2 unspecified atom stereocenters. The Balaban J connectivity index is 1.71. The van der Waals surface area contributed by atoms with Gasteiger partial charge in [0, 0.05) is 19.7 Å². The fourth-order valence-corrected chi connectivity index (χ4v) is 4.12. The minimum atomic E-state index is -1.74. The van der Waals surface area contributed by atoms with Crippen molar-refractivity contribution < 1.29 is 13.8 Å². The van der Waals surface area contributed by atoms with Crippen LogP contribution in [0.15, 0.2) is 83.9 Å². The molecule has 166 valence electrons. The summed E-state index contributed by atoms with van der Waals surface area (Å²) < 4.78 is 15.0. The second-order valence-electron chi connectivity index (χ2n) is 7.37. The molecule has 3 aromatic rings. The van der Waals surface area contributed by atoms with E-state index < -0.39 is 23.1 Å². The lowest BCUT2D eigenvalue weighted by Crippen LogP contribution is -2.51. The average Bonchev–Trinajstić information content (AvgIpc) is 2.79. The van der Waals surface area contributed by atoms with E-state index >= 15 is 0 Å². The number of aromatic nitrogens is 1. The standard InChI is InChI=1S/C24H26N4O3S/c1-18-10-6-7-14-22(18)32(31)27-24(30)26-21(16-19-11-4-3-5-12-19)23(29)28(2)17-20-13-8-9-15-25-20/h3-15,21H,16-17H2,1-2H3,(H2,26,27,30). The number of amides is 3. The fraction of sp³-hybridized carbons (Fsp3) is 0.208. The van der Waals surface area contributed by atoms with Crippen LogP contribution in [-0.2, 0) is 28.7 Å². The lowest BCUT2D eigenvalue weighted by molar-refractivity contribution is -0.132. The maximum absolute atomic E-state index is 13.2. The number of carbonyl (C=O) groups is 2. The number of pyridine rings is 1. The summed E-state index contributed by atoms with van der Waals surface area (Å²) in [5, 5.41) is 2.70. The molecule has 1 aromatic heterocycles. The van der Waals surface area contributed by atoms with Crippen LogP contribution in [0.2, 0.25) is 0 Å². The molecule has 0 saturated heterocycles. The molecule has 0 aliphatic heterocycles. The van der Waals surface area contributed by atoms with Crippen molar-refractivity contribution in [3.63, 3.8) is 0 Å². The second-order valence-corrected chi connectivity index (χ2v) is 8.55. The molecular weight excluding hydrogens is 424 g/mol. The number of carbonyl (C=O) groups excluding carboxylic acids is 2. The summed E-state index contributed by atoms with van der Waals surface area (Å²) in [5.74, 6) is -0.267. The van der Waals surface area contributed by atoms with E-state index in [0.717, 1.165) is 16.8 Å². The molecule has 3 rings (SSSR count). The molecule has 0 aliphatic carbocycles. The first-order valence-electron chi connectivity index (χ1n) is 10.2. The smallest absolute Gasteiger partial charge is 0.327 e. The summed E-state index contributed by atoms with van der Waals surface area (Å²) in [7, 11) is -0.0736. The Morgan fingerprint density at radius 1 is 1.00 bits per heavy atom. The van der Waals surface area contributed by atoms with Crippen molar-refractivity contribution in [2.45, 2.75) is 30.8 Å². The van der Waals surface area contributed by atoms with E-state index in [1.54, 1.807) is 25.4 Å². The highest BCUT2D eigenvalue weighted by molar-refractivity contribution is 7.83. The molecule has 1 heterocycles. The van der Waals surface area contributed by atoms with Crippen LogP contribution in [0.4, 0.5) is 4.79 Å². The molecule has 0 bridgehead atoms. The van der Waals surface area contributed by atoms with Gasteiger partial charge in [0.25, 0.3) is 0 Å². The average molecular weight is 451 g/mol. The highest BCUT2D eigenvalue weighted by Crippen LogP contribution is 2.11. The molecule has 2 atom stereocenters. The molecule has 0 radical (unpaired) electrons. The Hall–Kier alpha value is -3.52. The van der Waals surface area contributed by atoms with E-state index in [0.29, 0.717) is 17.9 Å². The van der Waals surface area contributed by atoms with E-state index in [1.165, 1.54) is 4.90 Å². The van der Waals surface area contributed by atoms with Gasteiger partial charge in [0.05, 0.1) is 17.1 Å². The van der Waals surface area contributed by atoms with Crippen LogP contribution >= 0.6 is 0 Å². The minimum Gasteiger partial charge on any atom is -0.338 e. The molecule has 32 heavy (non-hydrogen) atoms. The summed E-state index contributed by atoms with van der Waals surface area (Å²) in [6.07, 6.45) is 1.97. The summed E-state index contributed by atoms with van der Waals surface area (Å²) in [4.78, 5) is 32.1. The number of benzene rings is 2. The summed E-state index contributed by atoms with van der Waals surface area (Å²) >= 11 is 0. The zero-order chi connectivity index (χ0) is 22.9. The third-order valence-corrected chi connectivity index (χ3v) is 6.09. The lowest BCUT2D eigenvalue weighted by atomic mass is 10.0. The summed E-state index contributed by atoms with van der Waals surface area (Å²) in [6, 6.07) is 20.5. The predicted octanol–water partition coefficient (Wildman–Crippen LogP) is 2.98. The number of hydrogen-bond donors (Lipinski definition) is 2. The Morgan fingerprint density at radius 3 is 2.38 bits per heavy atom. The molecule has 7 nitrogen and oxygen atoms in total. The van der Waals surface area contributed by atoms with Gasteiger partial charge >= 0.3 is 6.03 Å². The highest BCUT2D eigenvalue weighted by Gasteiger charge is 2.25. The van der Waals surface area contributed by atoms with E-state index in [-0.39, 0.29) is 5.91 Å². The number of likely N-dealkylation sites (N-methyl/N-ethyl adjacent to an activating group) is 1. The van der Waals surface area contributed by atoms with Gasteiger partial charge in [0.15, 0.2) is 11.0 Å². The second kappa shape index (κ2) is 11.2. The highest BCUT2D eigenvalue weighted by atomic mass is 32.2. The zero-order valence-electron chi connectivity index (χ0n) is 18.0. The van der Waals surface area contributed by atoms with Gasteiger partial charge < -0.3 is 10.2 Å². The number of rotatable bonds is 8. The van der Waals surface area contributed by atoms with Crippen LogP contribution in [0, 0.1) is 6.92 Å². The van der Waals surface area contributed by atoms with E-state index in [1.807, 2.05) is 67.6 Å². The first-order chi connectivity index (χ1) is 15.4. The van der Waals surface area contributed by atoms with Crippen molar-refractivity contribution in [2.24, 2.45) is 0 Å². The maximum atomic E-state index is 13.2. The zero-order valence-corrected chi connectivity index (χ0v) is 18.8. The lowest BCUT2D eigenvalue weighted by Gasteiger charge is -2.24. The summed E-state index contributed by atoms with van der Waals surface area (Å²) in [6.45, 7) is 2.13. The molecular formula is C24H26N4O3S. The SMILES string of the molecule is Cc1ccccc1S(=O)NC(=O)NC(Cc1ccccc1)C(=O)N(C)Cc1ccccn1. The van der Waals surface area contributed by atoms with Gasteiger partial charge in [0.2, 0.25) is 5.91 Å². The molecule has 8 heteroatoms. The fourth-order valence-electron chi connectivity index (χ4n) is 3.22. The van der Waals surface area contributed by atoms with E-state index in [2.05, 4.69) is 15.0 Å². The molecule has 0 aliphatic rings. The minimum absolute atomic E-state index is 0.267. The van der Waals surface area contributed by atoms with Crippen molar-refractivity contribution in [3.05, 3.63) is 95.8 Å². The molecule has 3 amide bonds. The normalized spacial score (nSPS) is 12.4. The largest absolute Gasteiger partial charge is 0.338 e. The third kappa shape index (κ3) is 6.49. The van der Waals surface area contributed by atoms with Crippen LogP contribution in [0.25, 0.3) is 0 Å². The molecule has 0 spiro atoms. The Labute approximate surface area is 190 Å². The molecule has 0 fully saturated rings. The number of urea groups is 1. The van der Waals surface area contributed by atoms with Crippen LogP contribution in [0.5, 0.6) is 0 Å². The third-order valence-electron chi connectivity index (χ3n) is 4.87. The van der Waals surface area contributed by atoms with Crippen molar-refractivity contribution in [3.8, 4) is 0 Å². The van der Waals surface area contributed by atoms with Gasteiger partial charge in [0.1, 0.15) is 6.04 Å². The number of aryl methyl sites for hydroxylation is 1. The van der Waals surface area contributed by atoms with Crippen LogP contribution in [0.1, 0.15) is 16.8 Å². The quantitative estimate of drug-likeness (QED) is 0.552. The van der Waals surface area contributed by atoms with E-state index in [9.17, 15) is 13.8 Å². The van der Waals surface area contributed by atoms with Crippen molar-refractivity contribution in [1.82, 2.24) is 19.9 Å². The van der Waals surface area contributed by atoms with Gasteiger partial charge in [-0.05, 0) is 36.2 Å². The van der Waals surface area contributed by atoms with Gasteiger partial charge in [-0.3, -0.25) is 14.5 Å². The van der Waals surface area contributed by atoms with Crippen LogP contribution in [0.3, 0.4) is 0 Å². The molecule has 0 saturated carbocycles. The first kappa shape index (κ1) is 23.1. The van der Waals surface area contributed by atoms with Gasteiger partial charge in [-0.15, -0.1) is 0 Å². The number of hydrogen-bond acceptors (Lipinski definition) is 4. The van der Waals surface area contributed by atoms with Gasteiger partial charge in [-0.1, -0.05) is 54.6 Å². The number of nitrogens with zero attached hydrogens (tertiary/aromatic N) is 2. The van der Waals surface area contributed by atoms with Crippen LogP contribution < -0.4 is 10.0 Å². The maximum Gasteiger partial charge on any atom is 0.327 e. The van der Waals surface area contributed by atoms with Crippen LogP contribution in [-0.4, -0.2) is 39.1 Å². The topological polar surface area (TPSA) is 91.4 Å². The summed E-state index contributed by atoms with van der Waals surface area (Å²) in [5.41, 5.74) is 2.45. The molecule has 2 N–H and O–H groups in total. The first-order valence-corrected chi connectivity index (χ1v) is 11.3. The Kier molecular flexibility index (Phi) is 8.10. The van der Waals surface area contributed by atoms with Crippen molar-refractivity contribution in [1.29, 1.82) is 0 Å². The molecule has 2 aromatic carbocycles.